The van der Waals surface area contributed by atoms with Gasteiger partial charge >= 0.3 is 5.97 Å². The minimum absolute atomic E-state index is 0.114. The van der Waals surface area contributed by atoms with Gasteiger partial charge < -0.3 is 10.4 Å². The van der Waals surface area contributed by atoms with Gasteiger partial charge in [-0.15, -0.1) is 5.10 Å². The first-order chi connectivity index (χ1) is 11.5. The van der Waals surface area contributed by atoms with Crippen LogP contribution in [0.4, 0.5) is 0 Å². The standard InChI is InChI=1S/C17H20N4O3/c1-12-6-5-7-13(10-12)21-11-14(19-20-21)15(22)18-17(16(23)24)8-3-2-4-9-17/h5-7,10-11H,2-4,8-9H2,1H3,(H,18,22)(H,23,24). The van der Waals surface area contributed by atoms with Crippen molar-refractivity contribution in [3.05, 3.63) is 41.7 Å². The van der Waals surface area contributed by atoms with Crippen LogP contribution in [0, 0.1) is 6.92 Å². The van der Waals surface area contributed by atoms with Gasteiger partial charge in [-0.25, -0.2) is 9.48 Å². The Kier molecular flexibility index (Phi) is 4.33. The Labute approximate surface area is 139 Å². The lowest BCUT2D eigenvalue weighted by Gasteiger charge is -2.33. The van der Waals surface area contributed by atoms with Crippen molar-refractivity contribution in [2.75, 3.05) is 0 Å². The summed E-state index contributed by atoms with van der Waals surface area (Å²) in [6.45, 7) is 1.97. The quantitative estimate of drug-likeness (QED) is 0.896. The largest absolute Gasteiger partial charge is 0.480 e. The zero-order chi connectivity index (χ0) is 17.2. The van der Waals surface area contributed by atoms with Gasteiger partial charge in [0.2, 0.25) is 0 Å². The van der Waals surface area contributed by atoms with E-state index in [1.807, 2.05) is 31.2 Å². The molecule has 0 aliphatic heterocycles. The van der Waals surface area contributed by atoms with Gasteiger partial charge in [-0.1, -0.05) is 36.6 Å². The maximum absolute atomic E-state index is 12.4. The van der Waals surface area contributed by atoms with Gasteiger partial charge in [-0.2, -0.15) is 0 Å². The number of hydrogen-bond acceptors (Lipinski definition) is 4. The fraction of sp³-hybridized carbons (Fsp3) is 0.412. The van der Waals surface area contributed by atoms with Crippen molar-refractivity contribution in [3.63, 3.8) is 0 Å². The minimum Gasteiger partial charge on any atom is -0.480 e. The molecule has 1 heterocycles. The Morgan fingerprint density at radius 1 is 1.25 bits per heavy atom. The summed E-state index contributed by atoms with van der Waals surface area (Å²) in [5.74, 6) is -1.49. The molecule has 3 rings (SSSR count). The monoisotopic (exact) mass is 328 g/mol. The van der Waals surface area contributed by atoms with E-state index in [1.165, 1.54) is 10.9 Å². The van der Waals surface area contributed by atoms with Crippen molar-refractivity contribution in [2.24, 2.45) is 0 Å². The number of nitrogens with zero attached hydrogens (tertiary/aromatic N) is 3. The number of hydrogen-bond donors (Lipinski definition) is 2. The predicted molar refractivity (Wildman–Crippen MR) is 87.0 cm³/mol. The van der Waals surface area contributed by atoms with Crippen LogP contribution < -0.4 is 5.32 Å². The number of benzene rings is 1. The van der Waals surface area contributed by atoms with E-state index in [4.69, 9.17) is 0 Å². The van der Waals surface area contributed by atoms with E-state index >= 15 is 0 Å². The van der Waals surface area contributed by atoms with E-state index in [1.54, 1.807) is 0 Å². The number of amides is 1. The molecule has 1 aromatic heterocycles. The molecule has 2 aromatic rings. The molecular weight excluding hydrogens is 308 g/mol. The maximum atomic E-state index is 12.4. The molecule has 0 radical (unpaired) electrons. The summed E-state index contributed by atoms with van der Waals surface area (Å²) >= 11 is 0. The Balaban J connectivity index is 1.79. The lowest BCUT2D eigenvalue weighted by Crippen LogP contribution is -2.55. The molecule has 1 amide bonds. The highest BCUT2D eigenvalue weighted by molar-refractivity contribution is 5.96. The Hall–Kier alpha value is -2.70. The van der Waals surface area contributed by atoms with Gasteiger partial charge in [0.1, 0.15) is 5.54 Å². The summed E-state index contributed by atoms with van der Waals surface area (Å²) in [5.41, 5.74) is 0.790. The highest BCUT2D eigenvalue weighted by Gasteiger charge is 2.41. The smallest absolute Gasteiger partial charge is 0.329 e. The van der Waals surface area contributed by atoms with Crippen molar-refractivity contribution in [1.82, 2.24) is 20.3 Å². The number of aryl methyl sites for hydroxylation is 1. The Morgan fingerprint density at radius 2 is 2.00 bits per heavy atom. The predicted octanol–water partition coefficient (Wildman–Crippen LogP) is 2.09. The summed E-state index contributed by atoms with van der Waals surface area (Å²) in [6.07, 6.45) is 4.99. The number of rotatable bonds is 4. The number of nitrogens with one attached hydrogen (secondary N) is 1. The van der Waals surface area contributed by atoms with E-state index in [-0.39, 0.29) is 5.69 Å². The molecule has 24 heavy (non-hydrogen) atoms. The molecule has 7 nitrogen and oxygen atoms in total. The van der Waals surface area contributed by atoms with Gasteiger partial charge in [0.25, 0.3) is 5.91 Å². The summed E-state index contributed by atoms with van der Waals surface area (Å²) in [7, 11) is 0. The second-order valence-corrected chi connectivity index (χ2v) is 6.29. The van der Waals surface area contributed by atoms with Gasteiger partial charge in [-0.3, -0.25) is 4.79 Å². The average Bonchev–Trinajstić information content (AvgIpc) is 3.06. The van der Waals surface area contributed by atoms with Crippen LogP contribution in [0.25, 0.3) is 5.69 Å². The number of aliphatic carboxylic acids is 1. The number of aromatic nitrogens is 3. The van der Waals surface area contributed by atoms with Crippen LogP contribution in [0.5, 0.6) is 0 Å². The van der Waals surface area contributed by atoms with Crippen LogP contribution in [0.1, 0.15) is 48.2 Å². The molecule has 2 N–H and O–H groups in total. The van der Waals surface area contributed by atoms with Crippen LogP contribution in [0.15, 0.2) is 30.5 Å². The number of carboxylic acids is 1. The second-order valence-electron chi connectivity index (χ2n) is 6.29. The molecule has 126 valence electrons. The summed E-state index contributed by atoms with van der Waals surface area (Å²) in [6, 6.07) is 7.65. The third-order valence-corrected chi connectivity index (χ3v) is 4.46. The van der Waals surface area contributed by atoms with Crippen molar-refractivity contribution >= 4 is 11.9 Å². The molecule has 1 aliphatic rings. The first-order valence-electron chi connectivity index (χ1n) is 8.05. The second kappa shape index (κ2) is 6.43. The van der Waals surface area contributed by atoms with Crippen molar-refractivity contribution in [2.45, 2.75) is 44.6 Å². The summed E-state index contributed by atoms with van der Waals surface area (Å²) in [4.78, 5) is 24.1. The summed E-state index contributed by atoms with van der Waals surface area (Å²) in [5, 5.41) is 20.1. The lowest BCUT2D eigenvalue weighted by atomic mass is 9.81. The topological polar surface area (TPSA) is 97.1 Å². The average molecular weight is 328 g/mol. The first kappa shape index (κ1) is 16.2. The molecule has 1 saturated carbocycles. The molecule has 1 aliphatic carbocycles. The normalized spacial score (nSPS) is 16.5. The lowest BCUT2D eigenvalue weighted by molar-refractivity contribution is -0.145. The number of carbonyl (C=O) groups excluding carboxylic acids is 1. The maximum Gasteiger partial charge on any atom is 0.329 e. The van der Waals surface area contributed by atoms with E-state index in [2.05, 4.69) is 15.6 Å². The molecule has 0 unspecified atom stereocenters. The summed E-state index contributed by atoms with van der Waals surface area (Å²) < 4.78 is 1.51. The van der Waals surface area contributed by atoms with Crippen LogP contribution in [0.3, 0.4) is 0 Å². The Bertz CT molecular complexity index is 763. The molecule has 1 fully saturated rings. The zero-order valence-electron chi connectivity index (χ0n) is 13.5. The molecule has 0 bridgehead atoms. The molecule has 7 heteroatoms. The van der Waals surface area contributed by atoms with Gasteiger partial charge in [-0.05, 0) is 37.5 Å². The van der Waals surface area contributed by atoms with Crippen LogP contribution in [0.2, 0.25) is 0 Å². The van der Waals surface area contributed by atoms with E-state index < -0.39 is 17.4 Å². The molecular formula is C17H20N4O3. The fourth-order valence-electron chi connectivity index (χ4n) is 3.09. The van der Waals surface area contributed by atoms with E-state index in [9.17, 15) is 14.7 Å². The van der Waals surface area contributed by atoms with Crippen molar-refractivity contribution in [3.8, 4) is 5.69 Å². The molecule has 0 saturated heterocycles. The van der Waals surface area contributed by atoms with Gasteiger partial charge in [0.15, 0.2) is 5.69 Å². The van der Waals surface area contributed by atoms with Crippen molar-refractivity contribution < 1.29 is 14.7 Å². The van der Waals surface area contributed by atoms with E-state index in [0.717, 1.165) is 30.5 Å². The van der Waals surface area contributed by atoms with Crippen LogP contribution in [-0.4, -0.2) is 37.5 Å². The highest BCUT2D eigenvalue weighted by atomic mass is 16.4. The highest BCUT2D eigenvalue weighted by Crippen LogP contribution is 2.28. The first-order valence-corrected chi connectivity index (χ1v) is 8.05. The number of carbonyl (C=O) groups is 2. The molecule has 0 spiro atoms. The van der Waals surface area contributed by atoms with Crippen LogP contribution >= 0.6 is 0 Å². The van der Waals surface area contributed by atoms with Gasteiger partial charge in [0.05, 0.1) is 11.9 Å². The third kappa shape index (κ3) is 3.15. The van der Waals surface area contributed by atoms with Crippen molar-refractivity contribution in [1.29, 1.82) is 0 Å². The van der Waals surface area contributed by atoms with Crippen LogP contribution in [-0.2, 0) is 4.79 Å². The zero-order valence-corrected chi connectivity index (χ0v) is 13.5. The van der Waals surface area contributed by atoms with E-state index in [0.29, 0.717) is 12.8 Å². The number of carboxylic acid groups (broad SMARTS) is 1. The SMILES string of the molecule is Cc1cccc(-n2cc(C(=O)NC3(C(=O)O)CCCCC3)nn2)c1. The molecule has 0 atom stereocenters. The van der Waals surface area contributed by atoms with Gasteiger partial charge in [0, 0.05) is 0 Å². The molecule has 1 aromatic carbocycles. The Morgan fingerprint density at radius 3 is 2.67 bits per heavy atom. The fourth-order valence-corrected chi connectivity index (χ4v) is 3.09. The third-order valence-electron chi connectivity index (χ3n) is 4.46. The minimum atomic E-state index is -1.19.